The number of rotatable bonds is 4. The number of hydrogen-bond donors (Lipinski definition) is 1. The van der Waals surface area contributed by atoms with Gasteiger partial charge in [-0.1, -0.05) is 13.3 Å². The fraction of sp³-hybridized carbons (Fsp3) is 0.350. The zero-order valence-electron chi connectivity index (χ0n) is 14.6. The molecule has 0 saturated heterocycles. The molecule has 2 aromatic heterocycles. The lowest BCUT2D eigenvalue weighted by atomic mass is 9.98. The van der Waals surface area contributed by atoms with Gasteiger partial charge in [-0.25, -0.2) is 4.79 Å². The molecule has 130 valence electrons. The maximum Gasteiger partial charge on any atom is 0.336 e. The highest BCUT2D eigenvalue weighted by atomic mass is 16.5. The first-order chi connectivity index (χ1) is 12.2. The minimum absolute atomic E-state index is 0.292. The second kappa shape index (κ2) is 6.41. The summed E-state index contributed by atoms with van der Waals surface area (Å²) < 4.78 is 17.0. The van der Waals surface area contributed by atoms with Gasteiger partial charge < -0.3 is 13.6 Å². The van der Waals surface area contributed by atoms with Crippen molar-refractivity contribution in [3.8, 4) is 5.75 Å². The third kappa shape index (κ3) is 2.96. The molecule has 0 saturated carbocycles. The monoisotopic (exact) mass is 340 g/mol. The third-order valence-corrected chi connectivity index (χ3v) is 4.76. The van der Waals surface area contributed by atoms with Gasteiger partial charge in [0.25, 0.3) is 0 Å². The van der Waals surface area contributed by atoms with Gasteiger partial charge >= 0.3 is 5.63 Å². The number of hydrogen-bond acceptors (Lipinski definition) is 4. The summed E-state index contributed by atoms with van der Waals surface area (Å²) in [5.74, 6) is 1.81. The maximum atomic E-state index is 11.9. The second-order valence-corrected chi connectivity index (χ2v) is 6.68. The molecule has 0 bridgehead atoms. The Morgan fingerprint density at radius 3 is 2.92 bits per heavy atom. The van der Waals surface area contributed by atoms with E-state index in [0.29, 0.717) is 12.3 Å². The predicted octanol–water partition coefficient (Wildman–Crippen LogP) is 2.58. The van der Waals surface area contributed by atoms with Crippen LogP contribution in [-0.4, -0.2) is 6.73 Å². The van der Waals surface area contributed by atoms with Crippen LogP contribution in [0.2, 0.25) is 0 Å². The lowest BCUT2D eigenvalue weighted by Crippen LogP contribution is -3.10. The van der Waals surface area contributed by atoms with Gasteiger partial charge in [-0.15, -0.1) is 0 Å². The summed E-state index contributed by atoms with van der Waals surface area (Å²) in [4.78, 5) is 13.2. The summed E-state index contributed by atoms with van der Waals surface area (Å²) in [7, 11) is 0. The molecule has 3 aromatic rings. The van der Waals surface area contributed by atoms with Crippen LogP contribution < -0.4 is 15.3 Å². The zero-order chi connectivity index (χ0) is 17.4. The molecule has 0 amide bonds. The molecule has 3 heterocycles. The van der Waals surface area contributed by atoms with Gasteiger partial charge in [-0.3, -0.25) is 4.90 Å². The van der Waals surface area contributed by atoms with E-state index in [-0.39, 0.29) is 5.63 Å². The first-order valence-corrected chi connectivity index (χ1v) is 8.73. The number of fused-ring (bicyclic) bond motifs is 2. The average Bonchev–Trinajstić information content (AvgIpc) is 3.09. The Morgan fingerprint density at radius 2 is 2.16 bits per heavy atom. The summed E-state index contributed by atoms with van der Waals surface area (Å²) in [6.45, 7) is 6.30. The lowest BCUT2D eigenvalue weighted by molar-refractivity contribution is -0.946. The van der Waals surface area contributed by atoms with E-state index < -0.39 is 0 Å². The van der Waals surface area contributed by atoms with Crippen molar-refractivity contribution >= 4 is 11.0 Å². The molecule has 1 atom stereocenters. The number of nitrogens with one attached hydrogen (secondary N) is 1. The van der Waals surface area contributed by atoms with Gasteiger partial charge in [0, 0.05) is 22.6 Å². The van der Waals surface area contributed by atoms with Gasteiger partial charge in [-0.2, -0.15) is 0 Å². The van der Waals surface area contributed by atoms with Gasteiger partial charge in [0.2, 0.25) is 6.73 Å². The minimum atomic E-state index is -0.292. The highest BCUT2D eigenvalue weighted by molar-refractivity contribution is 5.86. The van der Waals surface area contributed by atoms with Crippen molar-refractivity contribution in [1.29, 1.82) is 0 Å². The molecular weight excluding hydrogens is 318 g/mol. The largest absolute Gasteiger partial charge is 0.463 e. The van der Waals surface area contributed by atoms with E-state index in [2.05, 4.69) is 13.0 Å². The normalized spacial score (nSPS) is 16.6. The van der Waals surface area contributed by atoms with Crippen molar-refractivity contribution < 1.29 is 18.5 Å². The summed E-state index contributed by atoms with van der Waals surface area (Å²) in [6, 6.07) is 7.65. The fourth-order valence-corrected chi connectivity index (χ4v) is 3.65. The summed E-state index contributed by atoms with van der Waals surface area (Å²) >= 11 is 0. The number of quaternary nitrogens is 1. The Kier molecular flexibility index (Phi) is 4.09. The molecule has 1 aliphatic rings. The highest BCUT2D eigenvalue weighted by Crippen LogP contribution is 2.33. The summed E-state index contributed by atoms with van der Waals surface area (Å²) in [5, 5.41) is 1.03. The van der Waals surface area contributed by atoms with Crippen LogP contribution in [0, 0.1) is 6.92 Å². The van der Waals surface area contributed by atoms with Crippen LogP contribution in [-0.2, 0) is 19.5 Å². The highest BCUT2D eigenvalue weighted by Gasteiger charge is 2.25. The van der Waals surface area contributed by atoms with Crippen molar-refractivity contribution in [3.63, 3.8) is 0 Å². The molecule has 1 N–H and O–H groups in total. The van der Waals surface area contributed by atoms with E-state index in [1.54, 1.807) is 12.3 Å². The van der Waals surface area contributed by atoms with Crippen LogP contribution in [0.5, 0.6) is 5.75 Å². The Labute approximate surface area is 145 Å². The molecule has 5 nitrogen and oxygen atoms in total. The van der Waals surface area contributed by atoms with Crippen LogP contribution in [0.1, 0.15) is 35.8 Å². The molecule has 1 unspecified atom stereocenters. The molecule has 5 heteroatoms. The predicted molar refractivity (Wildman–Crippen MR) is 93.8 cm³/mol. The van der Waals surface area contributed by atoms with Crippen LogP contribution in [0.15, 0.2) is 44.2 Å². The molecule has 0 radical (unpaired) electrons. The average molecular weight is 340 g/mol. The quantitative estimate of drug-likeness (QED) is 0.742. The zero-order valence-corrected chi connectivity index (χ0v) is 14.6. The van der Waals surface area contributed by atoms with Crippen molar-refractivity contribution in [1.82, 2.24) is 0 Å². The molecule has 25 heavy (non-hydrogen) atoms. The number of ether oxygens (including phenoxy) is 1. The Bertz CT molecular complexity index is 956. The molecule has 1 aromatic carbocycles. The minimum Gasteiger partial charge on any atom is -0.463 e. The van der Waals surface area contributed by atoms with E-state index in [9.17, 15) is 4.79 Å². The van der Waals surface area contributed by atoms with Crippen molar-refractivity contribution in [2.24, 2.45) is 0 Å². The summed E-state index contributed by atoms with van der Waals surface area (Å²) in [6.07, 6.45) is 3.55. The van der Waals surface area contributed by atoms with E-state index >= 15 is 0 Å². The first kappa shape index (κ1) is 16.0. The van der Waals surface area contributed by atoms with Crippen molar-refractivity contribution in [3.05, 3.63) is 63.4 Å². The molecule has 1 aliphatic heterocycles. The smallest absolute Gasteiger partial charge is 0.336 e. The van der Waals surface area contributed by atoms with Gasteiger partial charge in [0.15, 0.2) is 5.76 Å². The Morgan fingerprint density at radius 1 is 1.28 bits per heavy atom. The van der Waals surface area contributed by atoms with Gasteiger partial charge in [0.1, 0.15) is 24.4 Å². The SMILES string of the molecule is CCCc1cc(=O)oc2c(C)c3c(cc12)C[NH+](Cc1ccco1)CO3. The van der Waals surface area contributed by atoms with E-state index in [0.717, 1.165) is 59.5 Å². The number of furan rings is 1. The molecule has 4 rings (SSSR count). The van der Waals surface area contributed by atoms with Gasteiger partial charge in [-0.05, 0) is 37.1 Å². The van der Waals surface area contributed by atoms with E-state index in [4.69, 9.17) is 13.6 Å². The molecule has 0 spiro atoms. The summed E-state index contributed by atoms with van der Waals surface area (Å²) in [5.41, 5.74) is 3.49. The molecule has 0 fully saturated rings. The van der Waals surface area contributed by atoms with Crippen LogP contribution in [0.4, 0.5) is 0 Å². The number of aryl methyl sites for hydroxylation is 2. The lowest BCUT2D eigenvalue weighted by Gasteiger charge is -2.27. The third-order valence-electron chi connectivity index (χ3n) is 4.76. The second-order valence-electron chi connectivity index (χ2n) is 6.68. The van der Waals surface area contributed by atoms with Crippen molar-refractivity contribution in [2.75, 3.05) is 6.73 Å². The Hall–Kier alpha value is -2.53. The molecular formula is C20H22NO4+. The topological polar surface area (TPSA) is 57.0 Å². The molecule has 0 aliphatic carbocycles. The van der Waals surface area contributed by atoms with Crippen molar-refractivity contribution in [2.45, 2.75) is 39.8 Å². The van der Waals surface area contributed by atoms with Crippen LogP contribution in [0.25, 0.3) is 11.0 Å². The van der Waals surface area contributed by atoms with Crippen LogP contribution in [0.3, 0.4) is 0 Å². The fourth-order valence-electron chi connectivity index (χ4n) is 3.65. The van der Waals surface area contributed by atoms with Crippen LogP contribution >= 0.6 is 0 Å². The van der Waals surface area contributed by atoms with Gasteiger partial charge in [0.05, 0.1) is 6.26 Å². The standard InChI is InChI=1S/C20H21NO4/c1-3-5-14-9-18(22)25-20-13(2)19-15(8-17(14)20)10-21(12-24-19)11-16-6-4-7-23-16/h4,6-9H,3,5,10-12H2,1-2H3/p+1. The van der Waals surface area contributed by atoms with E-state index in [1.165, 1.54) is 4.90 Å². The first-order valence-electron chi connectivity index (χ1n) is 8.73. The van der Waals surface area contributed by atoms with E-state index in [1.807, 2.05) is 19.1 Å². The maximum absolute atomic E-state index is 11.9. The number of benzene rings is 1. The Balaban J connectivity index is 1.76.